The topological polar surface area (TPSA) is 80.3 Å². The molecule has 1 aliphatic rings. The molecule has 33 heavy (non-hydrogen) atoms. The molecule has 3 aromatic rings. The zero-order chi connectivity index (χ0) is 23.2. The highest BCUT2D eigenvalue weighted by molar-refractivity contribution is 7.16. The van der Waals surface area contributed by atoms with Gasteiger partial charge < -0.3 is 10.1 Å². The number of fused-ring (bicyclic) bond motifs is 1. The molecule has 6 nitrogen and oxygen atoms in total. The molecule has 1 heterocycles. The lowest BCUT2D eigenvalue weighted by molar-refractivity contribution is -0.123. The minimum absolute atomic E-state index is 0.0230. The van der Waals surface area contributed by atoms with Crippen LogP contribution in [-0.2, 0) is 17.6 Å². The maximum absolute atomic E-state index is 13.1. The van der Waals surface area contributed by atoms with Gasteiger partial charge in [0.15, 0.2) is 5.13 Å². The van der Waals surface area contributed by atoms with Gasteiger partial charge in [-0.25, -0.2) is 4.98 Å². The lowest BCUT2D eigenvalue weighted by atomic mass is 9.90. The van der Waals surface area contributed by atoms with Crippen LogP contribution in [0, 0.1) is 0 Å². The number of aromatic nitrogens is 1. The smallest absolute Gasteiger partial charge is 0.257 e. The number of nitrogens with zero attached hydrogens (tertiary/aromatic N) is 1. The van der Waals surface area contributed by atoms with E-state index in [1.165, 1.54) is 16.9 Å². The minimum Gasteiger partial charge on any atom is -0.497 e. The normalized spacial score (nSPS) is 15.9. The second-order valence-electron chi connectivity index (χ2n) is 8.39. The predicted octanol–water partition coefficient (Wildman–Crippen LogP) is 4.96. The number of hydrogen-bond acceptors (Lipinski definition) is 5. The third kappa shape index (κ3) is 5.79. The molecule has 7 heteroatoms. The standard InChI is InChI=1S/C26H29N3O3S/c1-17(11-12-18-7-4-3-5-8-18)27-25(31)21-9-6-10-22-23(21)28-26(33-22)29-24(30)19-13-15-20(32-2)16-14-19/h3-5,7-8,13-17,21H,6,9-12H2,1-2H3,(H,27,31)(H,28,29,30). The number of nitrogens with one attached hydrogen (secondary N) is 2. The van der Waals surface area contributed by atoms with Crippen molar-refractivity contribution in [3.63, 3.8) is 0 Å². The first kappa shape index (κ1) is 23.0. The Hall–Kier alpha value is -3.19. The summed E-state index contributed by atoms with van der Waals surface area (Å²) in [5, 5.41) is 6.60. The van der Waals surface area contributed by atoms with Crippen molar-refractivity contribution < 1.29 is 14.3 Å². The van der Waals surface area contributed by atoms with Crippen LogP contribution in [0.3, 0.4) is 0 Å². The molecule has 0 fully saturated rings. The monoisotopic (exact) mass is 463 g/mol. The summed E-state index contributed by atoms with van der Waals surface area (Å²) in [7, 11) is 1.59. The van der Waals surface area contributed by atoms with Crippen LogP contribution in [0.4, 0.5) is 5.13 Å². The number of amides is 2. The number of carbonyl (C=O) groups is 2. The quantitative estimate of drug-likeness (QED) is 0.495. The molecule has 0 spiro atoms. The van der Waals surface area contributed by atoms with E-state index >= 15 is 0 Å². The Kier molecular flexibility index (Phi) is 7.40. The summed E-state index contributed by atoms with van der Waals surface area (Å²) in [6.07, 6.45) is 4.42. The number of ether oxygens (including phenoxy) is 1. The van der Waals surface area contributed by atoms with Crippen molar-refractivity contribution in [3.05, 3.63) is 76.3 Å². The number of anilines is 1. The minimum atomic E-state index is -0.268. The molecule has 0 radical (unpaired) electrons. The van der Waals surface area contributed by atoms with Gasteiger partial charge >= 0.3 is 0 Å². The van der Waals surface area contributed by atoms with E-state index in [1.807, 2.05) is 25.1 Å². The zero-order valence-corrected chi connectivity index (χ0v) is 19.8. The highest BCUT2D eigenvalue weighted by atomic mass is 32.1. The van der Waals surface area contributed by atoms with Gasteiger partial charge in [0.25, 0.3) is 5.91 Å². The van der Waals surface area contributed by atoms with E-state index in [0.29, 0.717) is 16.4 Å². The fourth-order valence-corrected chi connectivity index (χ4v) is 5.14. The molecule has 2 atom stereocenters. The number of rotatable bonds is 8. The molecule has 2 unspecified atom stereocenters. The fourth-order valence-electron chi connectivity index (χ4n) is 4.08. The van der Waals surface area contributed by atoms with Gasteiger partial charge in [0.2, 0.25) is 5.91 Å². The molecule has 2 amide bonds. The van der Waals surface area contributed by atoms with Crippen LogP contribution in [0.25, 0.3) is 0 Å². The van der Waals surface area contributed by atoms with E-state index in [9.17, 15) is 9.59 Å². The highest BCUT2D eigenvalue weighted by Crippen LogP contribution is 2.37. The van der Waals surface area contributed by atoms with Crippen molar-refractivity contribution in [2.24, 2.45) is 0 Å². The molecular formula is C26H29N3O3S. The molecule has 0 saturated heterocycles. The van der Waals surface area contributed by atoms with E-state index in [-0.39, 0.29) is 23.8 Å². The molecule has 0 aliphatic heterocycles. The number of thiazole rings is 1. The van der Waals surface area contributed by atoms with Gasteiger partial charge in [0.1, 0.15) is 5.75 Å². The van der Waals surface area contributed by atoms with E-state index < -0.39 is 0 Å². The van der Waals surface area contributed by atoms with Gasteiger partial charge in [-0.3, -0.25) is 14.9 Å². The Bertz CT molecular complexity index is 1100. The van der Waals surface area contributed by atoms with Crippen molar-refractivity contribution in [2.75, 3.05) is 12.4 Å². The third-order valence-corrected chi connectivity index (χ3v) is 6.99. The molecule has 0 saturated carbocycles. The van der Waals surface area contributed by atoms with Gasteiger partial charge in [-0.2, -0.15) is 0 Å². The van der Waals surface area contributed by atoms with E-state index in [0.717, 1.165) is 42.7 Å². The molecule has 1 aliphatic carbocycles. The molecule has 1 aromatic heterocycles. The lowest BCUT2D eigenvalue weighted by Gasteiger charge is -2.23. The average Bonchev–Trinajstić information content (AvgIpc) is 3.25. The number of carbonyl (C=O) groups excluding carboxylic acids is 2. The summed E-state index contributed by atoms with van der Waals surface area (Å²) in [5.74, 6) is 0.230. The molecule has 0 bridgehead atoms. The van der Waals surface area contributed by atoms with Crippen molar-refractivity contribution in [1.29, 1.82) is 0 Å². The molecular weight excluding hydrogens is 434 g/mol. The van der Waals surface area contributed by atoms with Crippen molar-refractivity contribution in [2.45, 2.75) is 51.0 Å². The number of aryl methyl sites for hydroxylation is 2. The zero-order valence-electron chi connectivity index (χ0n) is 19.0. The second-order valence-corrected chi connectivity index (χ2v) is 9.47. The van der Waals surface area contributed by atoms with Crippen LogP contribution in [0.1, 0.15) is 58.6 Å². The Morgan fingerprint density at radius 1 is 1.15 bits per heavy atom. The maximum atomic E-state index is 13.1. The maximum Gasteiger partial charge on any atom is 0.257 e. The van der Waals surface area contributed by atoms with Gasteiger partial charge in [-0.1, -0.05) is 30.3 Å². The molecule has 172 valence electrons. The van der Waals surface area contributed by atoms with Gasteiger partial charge in [0.05, 0.1) is 18.7 Å². The highest BCUT2D eigenvalue weighted by Gasteiger charge is 2.31. The summed E-state index contributed by atoms with van der Waals surface area (Å²) in [4.78, 5) is 31.4. The summed E-state index contributed by atoms with van der Waals surface area (Å²) in [6, 6.07) is 17.3. The van der Waals surface area contributed by atoms with Gasteiger partial charge in [-0.15, -0.1) is 11.3 Å². The first-order chi connectivity index (χ1) is 16.0. The van der Waals surface area contributed by atoms with Crippen LogP contribution in [-0.4, -0.2) is 29.9 Å². The molecule has 2 N–H and O–H groups in total. The van der Waals surface area contributed by atoms with Crippen LogP contribution in [0.5, 0.6) is 5.75 Å². The summed E-state index contributed by atoms with van der Waals surface area (Å²) >= 11 is 1.47. The summed E-state index contributed by atoms with van der Waals surface area (Å²) < 4.78 is 5.14. The Morgan fingerprint density at radius 2 is 1.91 bits per heavy atom. The summed E-state index contributed by atoms with van der Waals surface area (Å²) in [6.45, 7) is 2.05. The first-order valence-corrected chi connectivity index (χ1v) is 12.1. The first-order valence-electron chi connectivity index (χ1n) is 11.3. The van der Waals surface area contributed by atoms with Crippen molar-refractivity contribution in [1.82, 2.24) is 10.3 Å². The van der Waals surface area contributed by atoms with Crippen LogP contribution in [0.2, 0.25) is 0 Å². The van der Waals surface area contributed by atoms with Crippen LogP contribution in [0.15, 0.2) is 54.6 Å². The van der Waals surface area contributed by atoms with Gasteiger partial charge in [0, 0.05) is 16.5 Å². The number of benzene rings is 2. The van der Waals surface area contributed by atoms with Crippen LogP contribution >= 0.6 is 11.3 Å². The second kappa shape index (κ2) is 10.6. The number of hydrogen-bond donors (Lipinski definition) is 2. The lowest BCUT2D eigenvalue weighted by Crippen LogP contribution is -2.37. The SMILES string of the molecule is COc1ccc(C(=O)Nc2nc3c(s2)CCCC3C(=O)NC(C)CCc2ccccc2)cc1. The Morgan fingerprint density at radius 3 is 2.64 bits per heavy atom. The Balaban J connectivity index is 1.37. The fraction of sp³-hybridized carbons (Fsp3) is 0.346. The molecule has 4 rings (SSSR count). The third-order valence-electron chi connectivity index (χ3n) is 5.94. The van der Waals surface area contributed by atoms with Crippen molar-refractivity contribution >= 4 is 28.3 Å². The van der Waals surface area contributed by atoms with Crippen molar-refractivity contribution in [3.8, 4) is 5.75 Å². The largest absolute Gasteiger partial charge is 0.497 e. The summed E-state index contributed by atoms with van der Waals surface area (Å²) in [5.41, 5.74) is 2.62. The molecule has 2 aromatic carbocycles. The van der Waals surface area contributed by atoms with E-state index in [1.54, 1.807) is 31.4 Å². The predicted molar refractivity (Wildman–Crippen MR) is 131 cm³/mol. The average molecular weight is 464 g/mol. The van der Waals surface area contributed by atoms with E-state index in [2.05, 4.69) is 27.8 Å². The van der Waals surface area contributed by atoms with Crippen LogP contribution < -0.4 is 15.4 Å². The van der Waals surface area contributed by atoms with Gasteiger partial charge in [-0.05, 0) is 68.9 Å². The Labute approximate surface area is 198 Å². The number of methoxy groups -OCH3 is 1. The van der Waals surface area contributed by atoms with E-state index in [4.69, 9.17) is 4.74 Å².